The molecule has 0 aliphatic rings. The van der Waals surface area contributed by atoms with Crippen molar-refractivity contribution in [1.82, 2.24) is 29.6 Å². The molecule has 11 nitrogen and oxygen atoms in total. The predicted molar refractivity (Wildman–Crippen MR) is 132 cm³/mol. The Hall–Kier alpha value is -4.37. The van der Waals surface area contributed by atoms with Gasteiger partial charge in [0, 0.05) is 17.3 Å². The van der Waals surface area contributed by atoms with Crippen molar-refractivity contribution in [2.75, 3.05) is 12.4 Å². The number of hydrogen-bond donors (Lipinski definition) is 2. The quantitative estimate of drug-likeness (QED) is 0.265. The third-order valence-electron chi connectivity index (χ3n) is 5.41. The van der Waals surface area contributed by atoms with Crippen LogP contribution in [0.3, 0.4) is 0 Å². The number of fused-ring (bicyclic) bond motifs is 1. The molecule has 0 amide bonds. The minimum Gasteiger partial charge on any atom is -0.341 e. The van der Waals surface area contributed by atoms with Gasteiger partial charge < -0.3 is 10.3 Å². The molecule has 14 heteroatoms. The number of benzene rings is 2. The average Bonchev–Trinajstić information content (AvgIpc) is 3.42. The molecule has 0 saturated heterocycles. The van der Waals surface area contributed by atoms with Crippen molar-refractivity contribution < 1.29 is 26.9 Å². The molecule has 0 spiro atoms. The average molecular weight is 540 g/mol. The fraction of sp³-hybridized carbons (Fsp3) is 0.0833. The third kappa shape index (κ3) is 4.80. The number of anilines is 2. The molecule has 0 aliphatic heterocycles. The molecular weight excluding hydrogens is 520 g/mol. The maximum Gasteiger partial charge on any atom is 0.288 e. The first-order chi connectivity index (χ1) is 18.4. The number of halogens is 2. The highest BCUT2D eigenvalue weighted by molar-refractivity contribution is 7.88. The Kier molecular flexibility index (Phi) is 7.02. The summed E-state index contributed by atoms with van der Waals surface area (Å²) in [4.78, 5) is 29.6. The maximum absolute atomic E-state index is 15.5. The van der Waals surface area contributed by atoms with E-state index in [1.165, 1.54) is 43.1 Å². The molecule has 194 valence electrons. The lowest BCUT2D eigenvalue weighted by Gasteiger charge is -2.19. The molecule has 0 bridgehead atoms. The molecule has 0 aliphatic carbocycles. The van der Waals surface area contributed by atoms with Gasteiger partial charge in [-0.25, -0.2) is 37.1 Å². The van der Waals surface area contributed by atoms with Crippen LogP contribution in [0.4, 0.5) is 20.3 Å². The number of aromatic amines is 1. The van der Waals surface area contributed by atoms with Crippen LogP contribution in [0.15, 0.2) is 78.3 Å². The fourth-order valence-corrected chi connectivity index (χ4v) is 4.69. The summed E-state index contributed by atoms with van der Waals surface area (Å²) in [7, 11) is -3.12. The molecule has 0 saturated carbocycles. The van der Waals surface area contributed by atoms with Gasteiger partial charge >= 0.3 is 0 Å². The smallest absolute Gasteiger partial charge is 0.288 e. The summed E-state index contributed by atoms with van der Waals surface area (Å²) in [6.45, 7) is -0.587. The van der Waals surface area contributed by atoms with Crippen molar-refractivity contribution in [3.8, 4) is 11.3 Å². The molecule has 0 fully saturated rings. The van der Waals surface area contributed by atoms with Gasteiger partial charge in [-0.15, -0.1) is 0 Å². The molecule has 2 aromatic carbocycles. The highest BCUT2D eigenvalue weighted by Gasteiger charge is 2.27. The normalized spacial score (nSPS) is 11.8. The summed E-state index contributed by atoms with van der Waals surface area (Å²) in [5, 5.41) is 2.69. The van der Waals surface area contributed by atoms with Crippen LogP contribution < -0.4 is 5.32 Å². The molecule has 0 atom stereocenters. The van der Waals surface area contributed by atoms with Crippen LogP contribution in [0, 0.1) is 11.6 Å². The van der Waals surface area contributed by atoms with Crippen LogP contribution >= 0.6 is 0 Å². The third-order valence-corrected chi connectivity index (χ3v) is 6.93. The molecule has 3 heterocycles. The van der Waals surface area contributed by atoms with Gasteiger partial charge in [0.25, 0.3) is 10.0 Å². The second-order valence-electron chi connectivity index (χ2n) is 7.71. The van der Waals surface area contributed by atoms with E-state index in [2.05, 4.69) is 30.2 Å². The van der Waals surface area contributed by atoms with E-state index in [-0.39, 0.29) is 20.9 Å². The van der Waals surface area contributed by atoms with E-state index in [0.717, 1.165) is 19.2 Å². The lowest BCUT2D eigenvalue weighted by molar-refractivity contribution is -0.293. The summed E-state index contributed by atoms with van der Waals surface area (Å²) >= 11 is 0. The van der Waals surface area contributed by atoms with Crippen molar-refractivity contribution in [2.24, 2.45) is 0 Å². The second-order valence-corrected chi connectivity index (χ2v) is 9.43. The number of rotatable bonds is 9. The number of sulfonamides is 1. The summed E-state index contributed by atoms with van der Waals surface area (Å²) in [6, 6.07) is 12.9. The van der Waals surface area contributed by atoms with Gasteiger partial charge in [0.05, 0.1) is 23.0 Å². The zero-order valence-corrected chi connectivity index (χ0v) is 20.5. The van der Waals surface area contributed by atoms with Crippen molar-refractivity contribution in [1.29, 1.82) is 0 Å². The summed E-state index contributed by atoms with van der Waals surface area (Å²) in [5.41, 5.74) is 1.13. The van der Waals surface area contributed by atoms with Gasteiger partial charge in [0.1, 0.15) is 41.5 Å². The number of pyridine rings is 1. The van der Waals surface area contributed by atoms with Crippen molar-refractivity contribution in [2.45, 2.75) is 11.5 Å². The van der Waals surface area contributed by atoms with Crippen LogP contribution in [0.25, 0.3) is 22.4 Å². The van der Waals surface area contributed by atoms with Gasteiger partial charge in [-0.2, -0.15) is 0 Å². The SMILES string of the molecule is CON(OCc1ccc(F)c(Nc2ncccc2-c2ncnc3nc[nH]c23)c1F)S(=O)(=O)c1ccccc1. The maximum atomic E-state index is 15.5. The zero-order valence-electron chi connectivity index (χ0n) is 19.7. The zero-order chi connectivity index (χ0) is 26.7. The number of H-pyrrole nitrogens is 1. The number of hydrogen-bond acceptors (Lipinski definition) is 9. The first-order valence-electron chi connectivity index (χ1n) is 11.0. The van der Waals surface area contributed by atoms with Crippen LogP contribution in [-0.4, -0.2) is 45.1 Å². The van der Waals surface area contributed by atoms with Crippen LogP contribution in [0.1, 0.15) is 5.56 Å². The van der Waals surface area contributed by atoms with E-state index >= 15 is 4.39 Å². The molecule has 2 N–H and O–H groups in total. The Morgan fingerprint density at radius 3 is 2.61 bits per heavy atom. The van der Waals surface area contributed by atoms with E-state index in [1.807, 2.05) is 0 Å². The molecule has 0 radical (unpaired) electrons. The summed E-state index contributed by atoms with van der Waals surface area (Å²) in [5.74, 6) is -1.80. The number of nitrogens with zero attached hydrogens (tertiary/aromatic N) is 5. The molecule has 5 rings (SSSR count). The van der Waals surface area contributed by atoms with E-state index in [0.29, 0.717) is 22.4 Å². The standard InChI is InChI=1S/C24H19F2N7O4S/c1-36-33(38(34,35)16-6-3-2-4-7-16)37-12-15-9-10-18(25)21(19(15)26)32-23-17(8-5-11-27-23)20-22-24(30-13-28-20)31-14-29-22/h2-11,13-14H,12H2,1H3,(H,27,32)(H,28,29,30,31). The number of aromatic nitrogens is 5. The van der Waals surface area contributed by atoms with E-state index in [9.17, 15) is 12.8 Å². The first-order valence-corrected chi connectivity index (χ1v) is 12.4. The number of imidazole rings is 1. The number of nitrogens with one attached hydrogen (secondary N) is 2. The monoisotopic (exact) mass is 539 g/mol. The van der Waals surface area contributed by atoms with E-state index in [4.69, 9.17) is 9.68 Å². The van der Waals surface area contributed by atoms with Gasteiger partial charge in [-0.05, 0) is 30.3 Å². The van der Waals surface area contributed by atoms with E-state index < -0.39 is 34.0 Å². The fourth-order valence-electron chi connectivity index (χ4n) is 3.63. The summed E-state index contributed by atoms with van der Waals surface area (Å²) < 4.78 is 56.0. The highest BCUT2D eigenvalue weighted by atomic mass is 32.2. The highest BCUT2D eigenvalue weighted by Crippen LogP contribution is 2.33. The first kappa shape index (κ1) is 25.3. The lowest BCUT2D eigenvalue weighted by atomic mass is 10.1. The molecular formula is C24H19F2N7O4S. The Balaban J connectivity index is 1.43. The van der Waals surface area contributed by atoms with Gasteiger partial charge in [-0.3, -0.25) is 9.68 Å². The van der Waals surface area contributed by atoms with Crippen molar-refractivity contribution in [3.63, 3.8) is 0 Å². The molecule has 5 aromatic rings. The largest absolute Gasteiger partial charge is 0.341 e. The lowest BCUT2D eigenvalue weighted by Crippen LogP contribution is -2.30. The molecule has 0 unspecified atom stereocenters. The van der Waals surface area contributed by atoms with Gasteiger partial charge in [-0.1, -0.05) is 24.3 Å². The topological polar surface area (TPSA) is 135 Å². The Bertz CT molecular complexity index is 1700. The Morgan fingerprint density at radius 1 is 1.00 bits per heavy atom. The molecule has 3 aromatic heterocycles. The van der Waals surface area contributed by atoms with Crippen molar-refractivity contribution >= 4 is 32.7 Å². The Labute approximate surface area is 215 Å². The second kappa shape index (κ2) is 10.5. The van der Waals surface area contributed by atoms with Crippen molar-refractivity contribution in [3.05, 3.63) is 90.6 Å². The van der Waals surface area contributed by atoms with Crippen LogP contribution in [-0.2, 0) is 26.3 Å². The van der Waals surface area contributed by atoms with E-state index in [1.54, 1.807) is 18.2 Å². The summed E-state index contributed by atoms with van der Waals surface area (Å²) in [6.07, 6.45) is 4.22. The van der Waals surface area contributed by atoms with Crippen LogP contribution in [0.5, 0.6) is 0 Å². The van der Waals surface area contributed by atoms with Gasteiger partial charge in [0.2, 0.25) is 0 Å². The van der Waals surface area contributed by atoms with Gasteiger partial charge in [0.15, 0.2) is 11.5 Å². The van der Waals surface area contributed by atoms with Crippen LogP contribution in [0.2, 0.25) is 0 Å². The Morgan fingerprint density at radius 2 is 1.82 bits per heavy atom. The minimum absolute atomic E-state index is 0.0949. The minimum atomic E-state index is -4.20. The molecule has 38 heavy (non-hydrogen) atoms. The predicted octanol–water partition coefficient (Wildman–Crippen LogP) is 4.12.